The number of halogens is 1. The van der Waals surface area contributed by atoms with Crippen molar-refractivity contribution in [3.05, 3.63) is 89.7 Å². The van der Waals surface area contributed by atoms with Gasteiger partial charge in [0.15, 0.2) is 0 Å². The molecule has 1 amide bonds. The minimum absolute atomic E-state index is 0.0973. The molecule has 0 fully saturated rings. The van der Waals surface area contributed by atoms with Gasteiger partial charge in [0, 0.05) is 23.4 Å². The average molecular weight is 348 g/mol. The number of anilines is 1. The molecular formula is C22H21FN2O. The van der Waals surface area contributed by atoms with Gasteiger partial charge in [-0.25, -0.2) is 4.39 Å². The van der Waals surface area contributed by atoms with E-state index in [2.05, 4.69) is 5.32 Å². The number of hydrogen-bond acceptors (Lipinski definition) is 2. The van der Waals surface area contributed by atoms with Crippen molar-refractivity contribution in [3.63, 3.8) is 0 Å². The maximum atomic E-state index is 13.8. The van der Waals surface area contributed by atoms with E-state index < -0.39 is 0 Å². The Kier molecular flexibility index (Phi) is 5.64. The topological polar surface area (TPSA) is 55.1 Å². The predicted octanol–water partition coefficient (Wildman–Crippen LogP) is 4.44. The summed E-state index contributed by atoms with van der Waals surface area (Å²) in [4.78, 5) is 12.0. The Morgan fingerprint density at radius 2 is 1.62 bits per heavy atom. The molecule has 3 aromatic carbocycles. The Morgan fingerprint density at radius 3 is 2.31 bits per heavy atom. The average Bonchev–Trinajstić information content (AvgIpc) is 2.67. The van der Waals surface area contributed by atoms with E-state index >= 15 is 0 Å². The van der Waals surface area contributed by atoms with Crippen LogP contribution in [-0.2, 0) is 6.42 Å². The third kappa shape index (κ3) is 4.48. The molecule has 26 heavy (non-hydrogen) atoms. The molecule has 0 saturated heterocycles. The fraction of sp³-hybridized carbons (Fsp3) is 0.136. The van der Waals surface area contributed by atoms with Crippen LogP contribution in [0.4, 0.5) is 10.1 Å². The van der Waals surface area contributed by atoms with Crippen molar-refractivity contribution in [1.29, 1.82) is 0 Å². The number of carbonyl (C=O) groups is 1. The summed E-state index contributed by atoms with van der Waals surface area (Å²) in [5.74, 6) is -0.314. The van der Waals surface area contributed by atoms with E-state index in [0.717, 1.165) is 24.0 Å². The summed E-state index contributed by atoms with van der Waals surface area (Å²) in [5.41, 5.74) is 9.49. The zero-order valence-corrected chi connectivity index (χ0v) is 14.4. The number of hydrogen-bond donors (Lipinski definition) is 2. The second kappa shape index (κ2) is 8.30. The van der Waals surface area contributed by atoms with Gasteiger partial charge in [0.05, 0.1) is 0 Å². The molecule has 0 aliphatic rings. The molecule has 0 aliphatic carbocycles. The third-order valence-electron chi connectivity index (χ3n) is 4.24. The van der Waals surface area contributed by atoms with Gasteiger partial charge in [0.25, 0.3) is 5.91 Å². The van der Waals surface area contributed by atoms with Crippen LogP contribution in [0.1, 0.15) is 22.3 Å². The van der Waals surface area contributed by atoms with Crippen LogP contribution in [-0.4, -0.2) is 12.5 Å². The predicted molar refractivity (Wildman–Crippen MR) is 103 cm³/mol. The Hall–Kier alpha value is -3.14. The van der Waals surface area contributed by atoms with E-state index in [1.54, 1.807) is 36.4 Å². The fourth-order valence-corrected chi connectivity index (χ4v) is 2.78. The molecule has 0 aliphatic heterocycles. The highest BCUT2D eigenvalue weighted by molar-refractivity contribution is 5.94. The van der Waals surface area contributed by atoms with E-state index in [0.29, 0.717) is 23.4 Å². The molecule has 3 rings (SSSR count). The fourth-order valence-electron chi connectivity index (χ4n) is 2.78. The highest BCUT2D eigenvalue weighted by Gasteiger charge is 2.05. The summed E-state index contributed by atoms with van der Waals surface area (Å²) in [6.45, 7) is 0.596. The number of rotatable bonds is 6. The van der Waals surface area contributed by atoms with Gasteiger partial charge in [0.1, 0.15) is 5.82 Å². The van der Waals surface area contributed by atoms with Crippen LogP contribution in [0.25, 0.3) is 11.1 Å². The van der Waals surface area contributed by atoms with Crippen molar-refractivity contribution in [2.45, 2.75) is 12.8 Å². The first-order chi connectivity index (χ1) is 12.6. The zero-order valence-electron chi connectivity index (χ0n) is 14.4. The number of benzene rings is 3. The van der Waals surface area contributed by atoms with Gasteiger partial charge < -0.3 is 11.1 Å². The largest absolute Gasteiger partial charge is 0.399 e. The molecular weight excluding hydrogens is 327 g/mol. The maximum absolute atomic E-state index is 13.8. The van der Waals surface area contributed by atoms with Crippen LogP contribution < -0.4 is 11.1 Å². The van der Waals surface area contributed by atoms with E-state index in [-0.39, 0.29) is 11.7 Å². The van der Waals surface area contributed by atoms with Crippen molar-refractivity contribution < 1.29 is 9.18 Å². The summed E-state index contributed by atoms with van der Waals surface area (Å²) < 4.78 is 13.8. The summed E-state index contributed by atoms with van der Waals surface area (Å²) in [7, 11) is 0. The van der Waals surface area contributed by atoms with E-state index in [9.17, 15) is 9.18 Å². The molecule has 0 aromatic heterocycles. The summed E-state index contributed by atoms with van der Waals surface area (Å²) in [6, 6.07) is 21.5. The van der Waals surface area contributed by atoms with Crippen LogP contribution in [0.15, 0.2) is 72.8 Å². The zero-order chi connectivity index (χ0) is 18.4. The molecule has 0 heterocycles. The SMILES string of the molecule is Nc1ccc(C(=O)NCCCc2ccc(-c3ccccc3F)cc2)cc1. The summed E-state index contributed by atoms with van der Waals surface area (Å²) in [6.07, 6.45) is 1.68. The molecule has 0 unspecified atom stereocenters. The number of amides is 1. The Bertz CT molecular complexity index is 873. The first-order valence-electron chi connectivity index (χ1n) is 8.61. The Morgan fingerprint density at radius 1 is 0.923 bits per heavy atom. The van der Waals surface area contributed by atoms with Crippen LogP contribution in [0.2, 0.25) is 0 Å². The smallest absolute Gasteiger partial charge is 0.251 e. The van der Waals surface area contributed by atoms with E-state index in [1.165, 1.54) is 6.07 Å². The number of nitrogen functional groups attached to an aromatic ring is 1. The van der Waals surface area contributed by atoms with Crippen LogP contribution in [0.3, 0.4) is 0 Å². The molecule has 0 atom stereocenters. The lowest BCUT2D eigenvalue weighted by Crippen LogP contribution is -2.24. The Balaban J connectivity index is 1.49. The van der Waals surface area contributed by atoms with Crippen molar-refractivity contribution in [2.24, 2.45) is 0 Å². The maximum Gasteiger partial charge on any atom is 0.251 e. The van der Waals surface area contributed by atoms with Crippen LogP contribution in [0.5, 0.6) is 0 Å². The second-order valence-electron chi connectivity index (χ2n) is 6.16. The molecule has 0 bridgehead atoms. The van der Waals surface area contributed by atoms with Gasteiger partial charge in [-0.05, 0) is 54.3 Å². The van der Waals surface area contributed by atoms with Crippen molar-refractivity contribution in [3.8, 4) is 11.1 Å². The van der Waals surface area contributed by atoms with Gasteiger partial charge in [-0.1, -0.05) is 42.5 Å². The van der Waals surface area contributed by atoms with E-state index in [1.807, 2.05) is 30.3 Å². The quantitative estimate of drug-likeness (QED) is 0.511. The number of nitrogens with two attached hydrogens (primary N) is 1. The second-order valence-corrected chi connectivity index (χ2v) is 6.16. The lowest BCUT2D eigenvalue weighted by atomic mass is 10.0. The molecule has 0 saturated carbocycles. The lowest BCUT2D eigenvalue weighted by Gasteiger charge is -2.07. The third-order valence-corrected chi connectivity index (χ3v) is 4.24. The monoisotopic (exact) mass is 348 g/mol. The molecule has 132 valence electrons. The minimum Gasteiger partial charge on any atom is -0.399 e. The number of nitrogens with one attached hydrogen (secondary N) is 1. The normalized spacial score (nSPS) is 10.5. The molecule has 4 heteroatoms. The summed E-state index contributed by atoms with van der Waals surface area (Å²) in [5, 5.41) is 2.90. The van der Waals surface area contributed by atoms with Crippen molar-refractivity contribution >= 4 is 11.6 Å². The highest BCUT2D eigenvalue weighted by Crippen LogP contribution is 2.23. The van der Waals surface area contributed by atoms with Crippen LogP contribution in [0, 0.1) is 5.82 Å². The number of carbonyl (C=O) groups excluding carboxylic acids is 1. The first-order valence-corrected chi connectivity index (χ1v) is 8.61. The minimum atomic E-state index is -0.217. The van der Waals surface area contributed by atoms with Gasteiger partial charge in [-0.2, -0.15) is 0 Å². The van der Waals surface area contributed by atoms with Gasteiger partial charge in [-0.3, -0.25) is 4.79 Å². The summed E-state index contributed by atoms with van der Waals surface area (Å²) >= 11 is 0. The first kappa shape index (κ1) is 17.7. The number of aryl methyl sites for hydroxylation is 1. The van der Waals surface area contributed by atoms with Gasteiger partial charge in [-0.15, -0.1) is 0 Å². The van der Waals surface area contributed by atoms with Gasteiger partial charge >= 0.3 is 0 Å². The standard InChI is InChI=1S/C22H21FN2O/c23-21-6-2-1-5-20(21)17-9-7-16(8-10-17)4-3-15-25-22(26)18-11-13-19(24)14-12-18/h1-2,5-14H,3-4,15,24H2,(H,25,26). The highest BCUT2D eigenvalue weighted by atomic mass is 19.1. The molecule has 3 aromatic rings. The molecule has 0 spiro atoms. The van der Waals surface area contributed by atoms with Crippen LogP contribution >= 0.6 is 0 Å². The lowest BCUT2D eigenvalue weighted by molar-refractivity contribution is 0.0953. The molecule has 0 radical (unpaired) electrons. The molecule has 3 N–H and O–H groups in total. The molecule has 3 nitrogen and oxygen atoms in total. The van der Waals surface area contributed by atoms with E-state index in [4.69, 9.17) is 5.73 Å². The van der Waals surface area contributed by atoms with Crippen molar-refractivity contribution in [2.75, 3.05) is 12.3 Å². The van der Waals surface area contributed by atoms with Crippen molar-refractivity contribution in [1.82, 2.24) is 5.32 Å². The Labute approximate surface area is 152 Å². The van der Waals surface area contributed by atoms with Gasteiger partial charge in [0.2, 0.25) is 0 Å².